The zero-order chi connectivity index (χ0) is 21.1. The lowest BCUT2D eigenvalue weighted by atomic mass is 10.2. The fourth-order valence-corrected chi connectivity index (χ4v) is 3.05. The quantitative estimate of drug-likeness (QED) is 0.503. The van der Waals surface area contributed by atoms with E-state index in [4.69, 9.17) is 4.42 Å². The van der Waals surface area contributed by atoms with Gasteiger partial charge in [0.15, 0.2) is 0 Å². The fourth-order valence-electron chi connectivity index (χ4n) is 3.05. The van der Waals surface area contributed by atoms with Crippen molar-refractivity contribution in [1.82, 2.24) is 29.8 Å². The first-order chi connectivity index (χ1) is 14.5. The third-order valence-electron chi connectivity index (χ3n) is 4.40. The molecule has 9 nitrogen and oxygen atoms in total. The van der Waals surface area contributed by atoms with Crippen molar-refractivity contribution >= 4 is 11.6 Å². The minimum absolute atomic E-state index is 0.182. The number of carbonyl (C=O) groups excluding carboxylic acids is 1. The summed E-state index contributed by atoms with van der Waals surface area (Å²) in [6, 6.07) is 8.16. The summed E-state index contributed by atoms with van der Waals surface area (Å²) in [6.45, 7) is 2.29. The molecule has 1 N–H and O–H groups in total. The van der Waals surface area contributed by atoms with E-state index in [1.54, 1.807) is 34.9 Å². The lowest BCUT2D eigenvalue weighted by molar-refractivity contribution is -0.116. The van der Waals surface area contributed by atoms with Gasteiger partial charge in [0.2, 0.25) is 11.8 Å². The highest BCUT2D eigenvalue weighted by molar-refractivity contribution is 5.90. The Bertz CT molecular complexity index is 1180. The number of aromatic nitrogens is 6. The molecule has 1 aromatic carbocycles. The van der Waals surface area contributed by atoms with Crippen molar-refractivity contribution in [3.05, 3.63) is 65.7 Å². The predicted octanol–water partition coefficient (Wildman–Crippen LogP) is 2.73. The molecule has 0 aliphatic carbocycles. The number of halogens is 1. The summed E-state index contributed by atoms with van der Waals surface area (Å²) in [5.74, 6) is 0.250. The van der Waals surface area contributed by atoms with Crippen molar-refractivity contribution in [1.29, 1.82) is 0 Å². The van der Waals surface area contributed by atoms with Gasteiger partial charge in [-0.1, -0.05) is 12.1 Å². The molecule has 0 fully saturated rings. The maximum atomic E-state index is 13.3. The summed E-state index contributed by atoms with van der Waals surface area (Å²) in [4.78, 5) is 12.2. The van der Waals surface area contributed by atoms with Gasteiger partial charge in [0, 0.05) is 26.1 Å². The summed E-state index contributed by atoms with van der Waals surface area (Å²) in [7, 11) is 1.80. The van der Waals surface area contributed by atoms with Crippen LogP contribution in [0.5, 0.6) is 0 Å². The summed E-state index contributed by atoms with van der Waals surface area (Å²) in [6.07, 6.45) is 3.74. The Balaban J connectivity index is 1.30. The van der Waals surface area contributed by atoms with Gasteiger partial charge in [-0.05, 0) is 30.7 Å². The fraction of sp³-hybridized carbons (Fsp3) is 0.250. The number of anilines is 1. The molecular weight excluding hydrogens is 389 g/mol. The van der Waals surface area contributed by atoms with E-state index in [1.165, 1.54) is 12.1 Å². The zero-order valence-electron chi connectivity index (χ0n) is 16.5. The second kappa shape index (κ2) is 8.27. The van der Waals surface area contributed by atoms with E-state index in [0.29, 0.717) is 30.4 Å². The second-order valence-electron chi connectivity index (χ2n) is 6.90. The highest BCUT2D eigenvalue weighted by Crippen LogP contribution is 2.19. The van der Waals surface area contributed by atoms with Gasteiger partial charge in [-0.2, -0.15) is 10.2 Å². The summed E-state index contributed by atoms with van der Waals surface area (Å²) in [5.41, 5.74) is 2.92. The van der Waals surface area contributed by atoms with E-state index in [1.807, 2.05) is 19.1 Å². The van der Waals surface area contributed by atoms with Crippen molar-refractivity contribution in [2.45, 2.75) is 26.3 Å². The SMILES string of the molecule is Cc1cc(-c2nnc(CCC(=O)Nc3cnn(Cc4cccc(F)c4)c3)o2)n(C)n1. The molecule has 0 radical (unpaired) electrons. The van der Waals surface area contributed by atoms with Gasteiger partial charge in [-0.3, -0.25) is 14.2 Å². The number of benzene rings is 1. The average molecular weight is 409 g/mol. The summed E-state index contributed by atoms with van der Waals surface area (Å²) < 4.78 is 22.2. The van der Waals surface area contributed by atoms with Crippen LogP contribution in [0.4, 0.5) is 10.1 Å². The first-order valence-electron chi connectivity index (χ1n) is 9.36. The summed E-state index contributed by atoms with van der Waals surface area (Å²) in [5, 5.41) is 19.2. The second-order valence-corrected chi connectivity index (χ2v) is 6.90. The minimum atomic E-state index is -0.295. The molecule has 1 amide bonds. The van der Waals surface area contributed by atoms with Crippen molar-refractivity contribution in [3.63, 3.8) is 0 Å². The molecule has 0 saturated heterocycles. The Hall–Kier alpha value is -3.82. The summed E-state index contributed by atoms with van der Waals surface area (Å²) >= 11 is 0. The molecule has 4 aromatic rings. The van der Waals surface area contributed by atoms with E-state index in [9.17, 15) is 9.18 Å². The van der Waals surface area contributed by atoms with Crippen LogP contribution in [0, 0.1) is 12.7 Å². The number of nitrogens with zero attached hydrogens (tertiary/aromatic N) is 6. The third-order valence-corrected chi connectivity index (χ3v) is 4.40. The van der Waals surface area contributed by atoms with Crippen LogP contribution >= 0.6 is 0 Å². The number of rotatable bonds is 7. The molecule has 0 unspecified atom stereocenters. The van der Waals surface area contributed by atoms with Crippen molar-refractivity contribution < 1.29 is 13.6 Å². The van der Waals surface area contributed by atoms with Crippen LogP contribution in [-0.2, 0) is 24.8 Å². The molecule has 0 aliphatic rings. The molecule has 4 rings (SSSR count). The minimum Gasteiger partial charge on any atom is -0.419 e. The Morgan fingerprint density at radius 1 is 1.27 bits per heavy atom. The highest BCUT2D eigenvalue weighted by atomic mass is 19.1. The number of hydrogen-bond acceptors (Lipinski definition) is 6. The Kier molecular flexibility index (Phi) is 5.38. The lowest BCUT2D eigenvalue weighted by Gasteiger charge is -2.02. The molecule has 3 heterocycles. The predicted molar refractivity (Wildman–Crippen MR) is 106 cm³/mol. The Morgan fingerprint density at radius 3 is 2.90 bits per heavy atom. The molecule has 10 heteroatoms. The van der Waals surface area contributed by atoms with Crippen LogP contribution in [0.15, 0.2) is 47.1 Å². The number of carbonyl (C=O) groups is 1. The molecule has 0 bridgehead atoms. The highest BCUT2D eigenvalue weighted by Gasteiger charge is 2.14. The van der Waals surface area contributed by atoms with E-state index in [-0.39, 0.29) is 18.1 Å². The number of nitrogens with one attached hydrogen (secondary N) is 1. The van der Waals surface area contributed by atoms with E-state index >= 15 is 0 Å². The maximum Gasteiger partial charge on any atom is 0.265 e. The molecule has 3 aromatic heterocycles. The topological polar surface area (TPSA) is 104 Å². The molecular formula is C20H20FN7O2. The van der Waals surface area contributed by atoms with Crippen LogP contribution in [0.3, 0.4) is 0 Å². The van der Waals surface area contributed by atoms with Gasteiger partial charge in [-0.25, -0.2) is 4.39 Å². The van der Waals surface area contributed by atoms with Gasteiger partial charge < -0.3 is 9.73 Å². The van der Waals surface area contributed by atoms with Gasteiger partial charge in [0.25, 0.3) is 5.89 Å². The molecule has 154 valence electrons. The Morgan fingerprint density at radius 2 is 2.13 bits per heavy atom. The average Bonchev–Trinajstić information content (AvgIpc) is 3.41. The number of amides is 1. The Labute approximate surface area is 171 Å². The molecule has 0 saturated carbocycles. The van der Waals surface area contributed by atoms with Gasteiger partial charge in [-0.15, -0.1) is 10.2 Å². The lowest BCUT2D eigenvalue weighted by Crippen LogP contribution is -2.12. The van der Waals surface area contributed by atoms with Gasteiger partial charge in [0.1, 0.15) is 11.5 Å². The van der Waals surface area contributed by atoms with Crippen LogP contribution in [0.2, 0.25) is 0 Å². The van der Waals surface area contributed by atoms with E-state index < -0.39 is 0 Å². The number of aryl methyl sites for hydroxylation is 3. The van der Waals surface area contributed by atoms with E-state index in [0.717, 1.165) is 17.0 Å². The van der Waals surface area contributed by atoms with Crippen molar-refractivity contribution in [2.75, 3.05) is 5.32 Å². The van der Waals surface area contributed by atoms with Crippen LogP contribution in [0.25, 0.3) is 11.6 Å². The van der Waals surface area contributed by atoms with Crippen molar-refractivity contribution in [3.8, 4) is 11.6 Å². The monoisotopic (exact) mass is 409 g/mol. The van der Waals surface area contributed by atoms with Gasteiger partial charge >= 0.3 is 0 Å². The normalized spacial score (nSPS) is 11.0. The van der Waals surface area contributed by atoms with Crippen LogP contribution < -0.4 is 5.32 Å². The first-order valence-corrected chi connectivity index (χ1v) is 9.36. The van der Waals surface area contributed by atoms with Crippen molar-refractivity contribution in [2.24, 2.45) is 7.05 Å². The molecule has 0 spiro atoms. The first kappa shape index (κ1) is 19.5. The standard InChI is InChI=1S/C20H20FN7O2/c1-13-8-17(27(2)26-13)20-25-24-19(30-20)7-6-18(29)23-16-10-22-28(12-16)11-14-4-3-5-15(21)9-14/h3-5,8-10,12H,6-7,11H2,1-2H3,(H,23,29). The largest absolute Gasteiger partial charge is 0.419 e. The van der Waals surface area contributed by atoms with Gasteiger partial charge in [0.05, 0.1) is 24.1 Å². The van der Waals surface area contributed by atoms with Crippen LogP contribution in [0.1, 0.15) is 23.6 Å². The molecule has 30 heavy (non-hydrogen) atoms. The smallest absolute Gasteiger partial charge is 0.265 e. The molecule has 0 atom stereocenters. The third kappa shape index (κ3) is 4.59. The maximum absolute atomic E-state index is 13.3. The van der Waals surface area contributed by atoms with E-state index in [2.05, 4.69) is 25.7 Å². The molecule has 0 aliphatic heterocycles. The zero-order valence-corrected chi connectivity index (χ0v) is 16.5. The number of hydrogen-bond donors (Lipinski definition) is 1. The van der Waals surface area contributed by atoms with Crippen LogP contribution in [-0.4, -0.2) is 35.7 Å².